The van der Waals surface area contributed by atoms with Gasteiger partial charge in [0, 0.05) is 49.0 Å². The van der Waals surface area contributed by atoms with E-state index in [1.807, 2.05) is 24.6 Å². The molecule has 9 heteroatoms. The van der Waals surface area contributed by atoms with Crippen LogP contribution in [0.3, 0.4) is 0 Å². The number of aromatic nitrogens is 3. The molecule has 0 atom stereocenters. The first-order chi connectivity index (χ1) is 15.6. The van der Waals surface area contributed by atoms with Gasteiger partial charge in [0.1, 0.15) is 5.60 Å². The number of hydrogen-bond acceptors (Lipinski definition) is 6. The second-order valence-corrected chi connectivity index (χ2v) is 9.70. The van der Waals surface area contributed by atoms with Gasteiger partial charge in [0.15, 0.2) is 0 Å². The summed E-state index contributed by atoms with van der Waals surface area (Å²) in [6.07, 6.45) is 4.22. The van der Waals surface area contributed by atoms with Crippen molar-refractivity contribution >= 4 is 11.3 Å². The molecule has 6 nitrogen and oxygen atoms in total. The molecule has 3 aliphatic rings. The van der Waals surface area contributed by atoms with Gasteiger partial charge in [-0.05, 0) is 43.7 Å². The minimum Gasteiger partial charge on any atom is -0.381 e. The molecule has 0 unspecified atom stereocenters. The van der Waals surface area contributed by atoms with Crippen LogP contribution < -0.4 is 0 Å². The lowest BCUT2D eigenvalue weighted by molar-refractivity contribution is -0.0961. The molecule has 3 aliphatic heterocycles. The Hall–Kier alpha value is -1.42. The van der Waals surface area contributed by atoms with Crippen LogP contribution in [0.2, 0.25) is 0 Å². The Morgan fingerprint density at radius 3 is 2.66 bits per heavy atom. The predicted molar refractivity (Wildman–Crippen MR) is 120 cm³/mol. The number of halogens is 2. The fourth-order valence-electron chi connectivity index (χ4n) is 4.92. The van der Waals surface area contributed by atoms with Crippen LogP contribution in [-0.2, 0) is 34.5 Å². The number of fused-ring (bicyclic) bond motifs is 2. The number of ether oxygens (including phenoxy) is 2. The minimum atomic E-state index is -2.29. The average molecular weight is 469 g/mol. The quantitative estimate of drug-likeness (QED) is 0.643. The molecule has 5 heterocycles. The maximum Gasteiger partial charge on any atom is 0.243 e. The van der Waals surface area contributed by atoms with E-state index < -0.39 is 6.43 Å². The van der Waals surface area contributed by atoms with Crippen molar-refractivity contribution in [2.75, 3.05) is 32.9 Å². The zero-order chi connectivity index (χ0) is 22.6. The van der Waals surface area contributed by atoms with Crippen molar-refractivity contribution in [1.82, 2.24) is 19.9 Å². The van der Waals surface area contributed by atoms with Crippen LogP contribution in [-0.4, -0.2) is 59.2 Å². The Kier molecular flexibility index (Phi) is 7.91. The highest BCUT2D eigenvalue weighted by atomic mass is 32.1. The van der Waals surface area contributed by atoms with E-state index >= 15 is 0 Å². The van der Waals surface area contributed by atoms with Crippen molar-refractivity contribution in [2.45, 2.75) is 77.0 Å². The third-order valence-corrected chi connectivity index (χ3v) is 7.94. The first-order valence-electron chi connectivity index (χ1n) is 11.9. The Bertz CT molecular complexity index is 858. The molecule has 0 radical (unpaired) electrons. The average Bonchev–Trinajstić information content (AvgIpc) is 3.45. The van der Waals surface area contributed by atoms with Crippen LogP contribution in [0.5, 0.6) is 0 Å². The normalized spacial score (nSPS) is 21.4. The third kappa shape index (κ3) is 5.21. The largest absolute Gasteiger partial charge is 0.381 e. The molecule has 0 amide bonds. The molecule has 2 fully saturated rings. The van der Waals surface area contributed by atoms with Crippen LogP contribution in [0.25, 0.3) is 0 Å². The Morgan fingerprint density at radius 1 is 1.19 bits per heavy atom. The Balaban J connectivity index is 0.00000119. The van der Waals surface area contributed by atoms with Gasteiger partial charge in [-0.1, -0.05) is 19.1 Å². The van der Waals surface area contributed by atoms with Crippen LogP contribution >= 0.6 is 11.3 Å². The highest BCUT2D eigenvalue weighted by Crippen LogP contribution is 2.45. The second kappa shape index (κ2) is 10.7. The summed E-state index contributed by atoms with van der Waals surface area (Å²) in [5, 5.41) is 8.73. The van der Waals surface area contributed by atoms with Gasteiger partial charge in [-0.15, -0.1) is 16.4 Å². The maximum atomic E-state index is 12.8. The highest BCUT2D eigenvalue weighted by molar-refractivity contribution is 7.12. The molecule has 1 spiro atoms. The summed E-state index contributed by atoms with van der Waals surface area (Å²) in [5.74, 6) is 0. The molecule has 32 heavy (non-hydrogen) atoms. The van der Waals surface area contributed by atoms with Crippen molar-refractivity contribution in [3.05, 3.63) is 33.3 Å². The van der Waals surface area contributed by atoms with E-state index in [0.29, 0.717) is 12.6 Å². The fourth-order valence-corrected chi connectivity index (χ4v) is 6.33. The van der Waals surface area contributed by atoms with E-state index in [2.05, 4.69) is 21.4 Å². The standard InChI is InChI=1S/C21H28F2N4O2S.C2H6/c22-19(23)12-18-11-15-1-10-29-21(20(15)30-18)4-6-26(7-5-21)13-16-14-27(25-24-16)17-2-8-28-9-3-17;1-2/h11,14,17,19H,1-10,12-13H2;1-2H3. The molecular weight excluding hydrogens is 434 g/mol. The van der Waals surface area contributed by atoms with Crippen molar-refractivity contribution in [3.63, 3.8) is 0 Å². The summed E-state index contributed by atoms with van der Waals surface area (Å²) in [6.45, 7) is 8.86. The number of rotatable bonds is 5. The van der Waals surface area contributed by atoms with Crippen molar-refractivity contribution in [2.24, 2.45) is 0 Å². The molecule has 2 saturated heterocycles. The van der Waals surface area contributed by atoms with Gasteiger partial charge in [-0.2, -0.15) is 0 Å². The van der Waals surface area contributed by atoms with E-state index in [4.69, 9.17) is 9.47 Å². The van der Waals surface area contributed by atoms with Gasteiger partial charge < -0.3 is 9.47 Å². The lowest BCUT2D eigenvalue weighted by Crippen LogP contribution is -2.45. The van der Waals surface area contributed by atoms with Gasteiger partial charge in [-0.3, -0.25) is 4.90 Å². The van der Waals surface area contributed by atoms with E-state index in [9.17, 15) is 8.78 Å². The minimum absolute atomic E-state index is 0.150. The predicted octanol–water partition coefficient (Wildman–Crippen LogP) is 4.59. The number of likely N-dealkylation sites (tertiary alicyclic amines) is 1. The van der Waals surface area contributed by atoms with E-state index in [-0.39, 0.29) is 12.0 Å². The molecule has 178 valence electrons. The smallest absolute Gasteiger partial charge is 0.243 e. The first-order valence-corrected chi connectivity index (χ1v) is 12.7. The van der Waals surface area contributed by atoms with Crippen molar-refractivity contribution in [3.8, 4) is 0 Å². The number of nitrogens with zero attached hydrogens (tertiary/aromatic N) is 4. The summed E-state index contributed by atoms with van der Waals surface area (Å²) < 4.78 is 39.4. The molecule has 5 rings (SSSR count). The summed E-state index contributed by atoms with van der Waals surface area (Å²) in [4.78, 5) is 4.37. The van der Waals surface area contributed by atoms with Crippen molar-refractivity contribution < 1.29 is 18.3 Å². The Morgan fingerprint density at radius 2 is 1.94 bits per heavy atom. The number of hydrogen-bond donors (Lipinski definition) is 0. The lowest BCUT2D eigenvalue weighted by atomic mass is 9.85. The van der Waals surface area contributed by atoms with Crippen LogP contribution in [0, 0.1) is 0 Å². The highest BCUT2D eigenvalue weighted by Gasteiger charge is 2.42. The maximum absolute atomic E-state index is 12.8. The number of piperidine rings is 1. The summed E-state index contributed by atoms with van der Waals surface area (Å²) in [7, 11) is 0. The van der Waals surface area contributed by atoms with E-state index in [1.54, 1.807) is 0 Å². The lowest BCUT2D eigenvalue weighted by Gasteiger charge is -2.43. The molecular formula is C23H34F2N4O2S. The second-order valence-electron chi connectivity index (χ2n) is 8.56. The third-order valence-electron chi connectivity index (χ3n) is 6.55. The number of alkyl halides is 2. The number of thiophene rings is 1. The van der Waals surface area contributed by atoms with Gasteiger partial charge in [0.2, 0.25) is 6.43 Å². The zero-order valence-electron chi connectivity index (χ0n) is 19.1. The van der Waals surface area contributed by atoms with Crippen LogP contribution in [0.4, 0.5) is 8.78 Å². The monoisotopic (exact) mass is 468 g/mol. The topological polar surface area (TPSA) is 52.4 Å². The molecule has 2 aromatic rings. The summed E-state index contributed by atoms with van der Waals surface area (Å²) in [6, 6.07) is 2.37. The zero-order valence-corrected chi connectivity index (χ0v) is 19.9. The van der Waals surface area contributed by atoms with Crippen molar-refractivity contribution in [1.29, 1.82) is 0 Å². The fraction of sp³-hybridized carbons (Fsp3) is 0.739. The van der Waals surface area contributed by atoms with Gasteiger partial charge in [0.25, 0.3) is 0 Å². The molecule has 0 saturated carbocycles. The molecule has 0 aliphatic carbocycles. The summed E-state index contributed by atoms with van der Waals surface area (Å²) in [5.41, 5.74) is 1.92. The van der Waals surface area contributed by atoms with Crippen LogP contribution in [0.15, 0.2) is 12.3 Å². The van der Waals surface area contributed by atoms with E-state index in [0.717, 1.165) is 75.5 Å². The Labute approximate surface area is 192 Å². The van der Waals surface area contributed by atoms with Gasteiger partial charge in [0.05, 0.1) is 24.5 Å². The molecule has 0 N–H and O–H groups in total. The van der Waals surface area contributed by atoms with Gasteiger partial charge in [-0.25, -0.2) is 13.5 Å². The van der Waals surface area contributed by atoms with E-state index in [1.165, 1.54) is 21.8 Å². The SMILES string of the molecule is CC.FC(F)Cc1cc2c(s1)C1(CCN(Cc3cn(C4CCOCC4)nn3)CC1)OCC2. The molecule has 0 bridgehead atoms. The molecule has 2 aromatic heterocycles. The molecule has 0 aromatic carbocycles. The summed E-state index contributed by atoms with van der Waals surface area (Å²) >= 11 is 1.53. The van der Waals surface area contributed by atoms with Gasteiger partial charge >= 0.3 is 0 Å². The first kappa shape index (κ1) is 23.7. The van der Waals surface area contributed by atoms with Crippen LogP contribution in [0.1, 0.15) is 66.6 Å².